The molecule has 0 bridgehead atoms. The van der Waals surface area contributed by atoms with Gasteiger partial charge in [-0.15, -0.1) is 0 Å². The Morgan fingerprint density at radius 2 is 1.71 bits per heavy atom. The van der Waals surface area contributed by atoms with E-state index in [1.54, 1.807) is 48.8 Å². The zero-order chi connectivity index (χ0) is 15.1. The van der Waals surface area contributed by atoms with Crippen LogP contribution in [0.15, 0.2) is 48.8 Å². The van der Waals surface area contributed by atoms with Crippen LogP contribution in [0.25, 0.3) is 0 Å². The number of Topliss-reactive ketones (excluding diaryl/α,β-unsaturated/α-hetero) is 1. The summed E-state index contributed by atoms with van der Waals surface area (Å²) in [5, 5.41) is 2.70. The monoisotopic (exact) mass is 278 g/mol. The number of carbonyl (C=O) groups excluding carboxylic acids is 2. The van der Waals surface area contributed by atoms with Crippen LogP contribution >= 0.6 is 0 Å². The van der Waals surface area contributed by atoms with Crippen molar-refractivity contribution in [1.82, 2.24) is 10.3 Å². The van der Waals surface area contributed by atoms with Crippen molar-refractivity contribution in [2.24, 2.45) is 0 Å². The number of rotatable bonds is 3. The van der Waals surface area contributed by atoms with Gasteiger partial charge in [0.1, 0.15) is 0 Å². The van der Waals surface area contributed by atoms with Gasteiger partial charge >= 0.3 is 0 Å². The average molecular weight is 278 g/mol. The highest BCUT2D eigenvalue weighted by Crippen LogP contribution is 2.03. The van der Waals surface area contributed by atoms with Gasteiger partial charge in [-0.25, -0.2) is 0 Å². The molecule has 0 saturated carbocycles. The summed E-state index contributed by atoms with van der Waals surface area (Å²) < 4.78 is 0. The zero-order valence-electron chi connectivity index (χ0n) is 11.6. The third-order valence-corrected chi connectivity index (χ3v) is 2.80. The summed E-state index contributed by atoms with van der Waals surface area (Å²) in [6, 6.07) is 10.3. The van der Waals surface area contributed by atoms with Crippen LogP contribution in [-0.2, 0) is 0 Å². The molecule has 0 spiro atoms. The molecule has 1 N–H and O–H groups in total. The minimum atomic E-state index is -0.182. The van der Waals surface area contributed by atoms with Gasteiger partial charge in [0.15, 0.2) is 5.78 Å². The Kier molecular flexibility index (Phi) is 4.84. The number of nitrogens with one attached hydrogen (secondary N) is 1. The molecule has 0 aliphatic carbocycles. The molecule has 1 amide bonds. The van der Waals surface area contributed by atoms with Gasteiger partial charge in [-0.3, -0.25) is 14.6 Å². The second kappa shape index (κ2) is 7.01. The van der Waals surface area contributed by atoms with E-state index in [-0.39, 0.29) is 18.2 Å². The first-order valence-corrected chi connectivity index (χ1v) is 6.45. The molecule has 1 aromatic carbocycles. The number of pyridine rings is 1. The van der Waals surface area contributed by atoms with Crippen molar-refractivity contribution in [2.45, 2.75) is 6.92 Å². The standard InChI is InChI=1S/C17H14N2O2/c1-13(20)15-6-4-14(5-7-15)3-2-10-19-17(21)16-8-11-18-12-9-16/h4-9,11-12H,10H2,1H3,(H,19,21). The van der Waals surface area contributed by atoms with Gasteiger partial charge in [0, 0.05) is 29.1 Å². The van der Waals surface area contributed by atoms with E-state index in [4.69, 9.17) is 0 Å². The highest BCUT2D eigenvalue weighted by molar-refractivity contribution is 5.94. The topological polar surface area (TPSA) is 59.1 Å². The van der Waals surface area contributed by atoms with E-state index in [1.807, 2.05) is 0 Å². The van der Waals surface area contributed by atoms with Gasteiger partial charge in [-0.2, -0.15) is 0 Å². The fourth-order valence-electron chi connectivity index (χ4n) is 1.66. The summed E-state index contributed by atoms with van der Waals surface area (Å²) >= 11 is 0. The van der Waals surface area contributed by atoms with Crippen molar-refractivity contribution >= 4 is 11.7 Å². The molecule has 1 aromatic heterocycles. The Hall–Kier alpha value is -2.93. The van der Waals surface area contributed by atoms with Crippen LogP contribution < -0.4 is 5.32 Å². The molecule has 0 fully saturated rings. The smallest absolute Gasteiger partial charge is 0.252 e. The van der Waals surface area contributed by atoms with E-state index in [0.29, 0.717) is 11.1 Å². The maximum Gasteiger partial charge on any atom is 0.252 e. The SMILES string of the molecule is CC(=O)c1ccc(C#CCNC(=O)c2ccncc2)cc1. The highest BCUT2D eigenvalue weighted by atomic mass is 16.1. The lowest BCUT2D eigenvalue weighted by molar-refractivity contribution is 0.0957. The van der Waals surface area contributed by atoms with Gasteiger partial charge in [-0.05, 0) is 31.2 Å². The molecular weight excluding hydrogens is 264 g/mol. The van der Waals surface area contributed by atoms with Crippen LogP contribution in [0.2, 0.25) is 0 Å². The molecular formula is C17H14N2O2. The molecule has 104 valence electrons. The number of benzene rings is 1. The van der Waals surface area contributed by atoms with E-state index in [2.05, 4.69) is 22.1 Å². The second-order valence-corrected chi connectivity index (χ2v) is 4.35. The van der Waals surface area contributed by atoms with Crippen LogP contribution in [0, 0.1) is 11.8 Å². The van der Waals surface area contributed by atoms with Crippen molar-refractivity contribution in [3.8, 4) is 11.8 Å². The molecule has 0 aliphatic rings. The molecule has 0 unspecified atom stereocenters. The minimum Gasteiger partial charge on any atom is -0.341 e. The molecule has 0 aliphatic heterocycles. The second-order valence-electron chi connectivity index (χ2n) is 4.35. The van der Waals surface area contributed by atoms with Crippen LogP contribution in [0.3, 0.4) is 0 Å². The fraction of sp³-hybridized carbons (Fsp3) is 0.118. The van der Waals surface area contributed by atoms with Crippen LogP contribution in [0.1, 0.15) is 33.2 Å². The van der Waals surface area contributed by atoms with Crippen molar-refractivity contribution < 1.29 is 9.59 Å². The van der Waals surface area contributed by atoms with Crippen molar-refractivity contribution in [1.29, 1.82) is 0 Å². The van der Waals surface area contributed by atoms with E-state index in [9.17, 15) is 9.59 Å². The predicted molar refractivity (Wildman–Crippen MR) is 79.9 cm³/mol. The lowest BCUT2D eigenvalue weighted by Gasteiger charge is -1.99. The summed E-state index contributed by atoms with van der Waals surface area (Å²) in [6.45, 7) is 1.78. The van der Waals surface area contributed by atoms with E-state index >= 15 is 0 Å². The molecule has 0 radical (unpaired) electrons. The Balaban J connectivity index is 1.89. The number of carbonyl (C=O) groups is 2. The third kappa shape index (κ3) is 4.29. The molecule has 2 rings (SSSR count). The first kappa shape index (κ1) is 14.5. The summed E-state index contributed by atoms with van der Waals surface area (Å²) in [4.78, 5) is 26.7. The highest BCUT2D eigenvalue weighted by Gasteiger charge is 2.01. The first-order chi connectivity index (χ1) is 10.2. The van der Waals surface area contributed by atoms with Crippen molar-refractivity contribution in [2.75, 3.05) is 6.54 Å². The van der Waals surface area contributed by atoms with Gasteiger partial charge < -0.3 is 5.32 Å². The minimum absolute atomic E-state index is 0.0270. The zero-order valence-corrected chi connectivity index (χ0v) is 11.6. The van der Waals surface area contributed by atoms with E-state index < -0.39 is 0 Å². The van der Waals surface area contributed by atoms with Crippen LogP contribution in [0.5, 0.6) is 0 Å². The predicted octanol–water partition coefficient (Wildman–Crippen LogP) is 2.07. The maximum atomic E-state index is 11.7. The Morgan fingerprint density at radius 1 is 1.05 bits per heavy atom. The van der Waals surface area contributed by atoms with Crippen molar-refractivity contribution in [3.63, 3.8) is 0 Å². The summed E-state index contributed by atoms with van der Waals surface area (Å²) in [6.07, 6.45) is 3.13. The molecule has 0 saturated heterocycles. The normalized spacial score (nSPS) is 9.38. The number of aromatic nitrogens is 1. The number of nitrogens with zero attached hydrogens (tertiary/aromatic N) is 1. The van der Waals surface area contributed by atoms with Crippen LogP contribution in [-0.4, -0.2) is 23.2 Å². The Bertz CT molecular complexity index is 695. The van der Waals surface area contributed by atoms with Gasteiger partial charge in [0.05, 0.1) is 6.54 Å². The first-order valence-electron chi connectivity index (χ1n) is 6.45. The number of hydrogen-bond acceptors (Lipinski definition) is 3. The summed E-state index contributed by atoms with van der Waals surface area (Å²) in [5.41, 5.74) is 2.02. The number of hydrogen-bond donors (Lipinski definition) is 1. The van der Waals surface area contributed by atoms with E-state index in [0.717, 1.165) is 5.56 Å². The summed E-state index contributed by atoms with van der Waals surface area (Å²) in [7, 11) is 0. The Labute approximate surface area is 123 Å². The fourth-order valence-corrected chi connectivity index (χ4v) is 1.66. The quantitative estimate of drug-likeness (QED) is 0.690. The number of amides is 1. The third-order valence-electron chi connectivity index (χ3n) is 2.80. The Morgan fingerprint density at radius 3 is 2.33 bits per heavy atom. The molecule has 4 nitrogen and oxygen atoms in total. The molecule has 2 aromatic rings. The van der Waals surface area contributed by atoms with Gasteiger partial charge in [0.25, 0.3) is 5.91 Å². The van der Waals surface area contributed by atoms with Crippen molar-refractivity contribution in [3.05, 3.63) is 65.5 Å². The largest absolute Gasteiger partial charge is 0.341 e. The molecule has 0 atom stereocenters. The maximum absolute atomic E-state index is 11.7. The van der Waals surface area contributed by atoms with Gasteiger partial charge in [-0.1, -0.05) is 24.0 Å². The lowest BCUT2D eigenvalue weighted by Crippen LogP contribution is -2.23. The van der Waals surface area contributed by atoms with Crippen LogP contribution in [0.4, 0.5) is 0 Å². The number of ketones is 1. The molecule has 4 heteroatoms. The molecule has 21 heavy (non-hydrogen) atoms. The van der Waals surface area contributed by atoms with Gasteiger partial charge in [0.2, 0.25) is 0 Å². The average Bonchev–Trinajstić information content (AvgIpc) is 2.52. The summed E-state index contributed by atoms with van der Waals surface area (Å²) in [5.74, 6) is 5.64. The molecule has 1 heterocycles. The van der Waals surface area contributed by atoms with E-state index in [1.165, 1.54) is 6.92 Å². The lowest BCUT2D eigenvalue weighted by atomic mass is 10.1.